The van der Waals surface area contributed by atoms with Gasteiger partial charge in [0.2, 0.25) is 0 Å². The van der Waals surface area contributed by atoms with Crippen molar-refractivity contribution in [3.8, 4) is 0 Å². The molecule has 0 fully saturated rings. The maximum absolute atomic E-state index is 6.05. The molecular formula is C16H14BrClN2. The Labute approximate surface area is 131 Å². The van der Waals surface area contributed by atoms with Crippen LogP contribution in [0.25, 0.3) is 11.0 Å². The van der Waals surface area contributed by atoms with Crippen LogP contribution < -0.4 is 0 Å². The first-order chi connectivity index (χ1) is 9.69. The number of aromatic nitrogens is 2. The Morgan fingerprint density at radius 2 is 2.00 bits per heavy atom. The molecule has 0 saturated heterocycles. The van der Waals surface area contributed by atoms with Crippen molar-refractivity contribution in [3.63, 3.8) is 0 Å². The van der Waals surface area contributed by atoms with Crippen molar-refractivity contribution in [2.75, 3.05) is 0 Å². The molecule has 0 spiro atoms. The van der Waals surface area contributed by atoms with E-state index in [1.807, 2.05) is 12.1 Å². The lowest BCUT2D eigenvalue weighted by Crippen LogP contribution is -2.05. The minimum atomic E-state index is 0.415. The van der Waals surface area contributed by atoms with Crippen molar-refractivity contribution in [3.05, 3.63) is 63.9 Å². The molecule has 0 amide bonds. The normalized spacial score (nSPS) is 11.2. The summed E-state index contributed by atoms with van der Waals surface area (Å²) >= 11 is 9.54. The van der Waals surface area contributed by atoms with Crippen molar-refractivity contribution in [1.29, 1.82) is 0 Å². The first-order valence-corrected chi connectivity index (χ1v) is 7.77. The molecule has 1 aromatic heterocycles. The average molecular weight is 350 g/mol. The summed E-state index contributed by atoms with van der Waals surface area (Å²) in [5.74, 6) is 1.32. The average Bonchev–Trinajstić information content (AvgIpc) is 2.78. The number of fused-ring (bicyclic) bond motifs is 1. The minimum absolute atomic E-state index is 0.415. The fourth-order valence-electron chi connectivity index (χ4n) is 2.39. The Balaban J connectivity index is 2.12. The maximum Gasteiger partial charge on any atom is 0.125 e. The lowest BCUT2D eigenvalue weighted by atomic mass is 10.1. The van der Waals surface area contributed by atoms with Crippen LogP contribution in [0.1, 0.15) is 17.0 Å². The summed E-state index contributed by atoms with van der Waals surface area (Å²) in [5.41, 5.74) is 4.67. The number of nitrogens with zero attached hydrogens (tertiary/aromatic N) is 2. The van der Waals surface area contributed by atoms with Crippen LogP contribution in [0.4, 0.5) is 0 Å². The van der Waals surface area contributed by atoms with E-state index < -0.39 is 0 Å². The molecule has 0 aliphatic carbocycles. The van der Waals surface area contributed by atoms with Gasteiger partial charge in [0.1, 0.15) is 5.82 Å². The van der Waals surface area contributed by atoms with E-state index in [1.165, 1.54) is 11.1 Å². The standard InChI is InChI=1S/C16H14BrClN2/c1-11-4-2-3-5-12(11)10-20-15-7-6-13(17)8-14(15)19-16(20)9-18/h2-8H,9-10H2,1H3. The molecule has 2 nitrogen and oxygen atoms in total. The van der Waals surface area contributed by atoms with Crippen molar-refractivity contribution in [2.24, 2.45) is 0 Å². The van der Waals surface area contributed by atoms with Gasteiger partial charge in [0.25, 0.3) is 0 Å². The van der Waals surface area contributed by atoms with Gasteiger partial charge in [0.05, 0.1) is 16.9 Å². The smallest absolute Gasteiger partial charge is 0.125 e. The molecule has 1 heterocycles. The molecule has 3 aromatic rings. The van der Waals surface area contributed by atoms with Crippen LogP contribution in [0.5, 0.6) is 0 Å². The minimum Gasteiger partial charge on any atom is -0.322 e. The van der Waals surface area contributed by atoms with E-state index in [2.05, 4.69) is 62.7 Å². The van der Waals surface area contributed by atoms with Gasteiger partial charge in [0, 0.05) is 11.0 Å². The van der Waals surface area contributed by atoms with Gasteiger partial charge < -0.3 is 4.57 Å². The molecule has 102 valence electrons. The summed E-state index contributed by atoms with van der Waals surface area (Å²) in [7, 11) is 0. The number of halogens is 2. The van der Waals surface area contributed by atoms with Crippen LogP contribution in [0.3, 0.4) is 0 Å². The summed E-state index contributed by atoms with van der Waals surface area (Å²) < 4.78 is 3.23. The highest BCUT2D eigenvalue weighted by atomic mass is 79.9. The molecule has 0 atom stereocenters. The Bertz CT molecular complexity index is 764. The Morgan fingerprint density at radius 3 is 2.75 bits per heavy atom. The SMILES string of the molecule is Cc1ccccc1Cn1c(CCl)nc2cc(Br)ccc21. The van der Waals surface area contributed by atoms with E-state index in [1.54, 1.807) is 0 Å². The lowest BCUT2D eigenvalue weighted by Gasteiger charge is -2.10. The van der Waals surface area contributed by atoms with Gasteiger partial charge in [0.15, 0.2) is 0 Å². The van der Waals surface area contributed by atoms with E-state index in [4.69, 9.17) is 11.6 Å². The quantitative estimate of drug-likeness (QED) is 0.615. The zero-order chi connectivity index (χ0) is 14.1. The summed E-state index contributed by atoms with van der Waals surface area (Å²) in [6.07, 6.45) is 0. The van der Waals surface area contributed by atoms with Gasteiger partial charge in [-0.2, -0.15) is 0 Å². The summed E-state index contributed by atoms with van der Waals surface area (Å²) in [4.78, 5) is 4.62. The zero-order valence-electron chi connectivity index (χ0n) is 11.1. The Morgan fingerprint density at radius 1 is 1.20 bits per heavy atom. The van der Waals surface area contributed by atoms with Crippen LogP contribution in [0.15, 0.2) is 46.9 Å². The van der Waals surface area contributed by atoms with Crippen LogP contribution in [-0.4, -0.2) is 9.55 Å². The molecule has 3 rings (SSSR count). The van der Waals surface area contributed by atoms with E-state index in [0.717, 1.165) is 27.9 Å². The summed E-state index contributed by atoms with van der Waals surface area (Å²) in [6.45, 7) is 2.93. The predicted molar refractivity (Wildman–Crippen MR) is 87.3 cm³/mol. The Hall–Kier alpha value is -1.32. The predicted octanol–water partition coefficient (Wildman–Crippen LogP) is 4.89. The molecule has 4 heteroatoms. The van der Waals surface area contributed by atoms with Crippen LogP contribution in [0.2, 0.25) is 0 Å². The number of imidazole rings is 1. The van der Waals surface area contributed by atoms with Crippen LogP contribution in [0, 0.1) is 6.92 Å². The topological polar surface area (TPSA) is 17.8 Å². The largest absolute Gasteiger partial charge is 0.322 e. The van der Waals surface area contributed by atoms with E-state index in [0.29, 0.717) is 5.88 Å². The molecular weight excluding hydrogens is 336 g/mol. The van der Waals surface area contributed by atoms with Gasteiger partial charge in [-0.15, -0.1) is 11.6 Å². The third kappa shape index (κ3) is 2.48. The monoisotopic (exact) mass is 348 g/mol. The highest BCUT2D eigenvalue weighted by Crippen LogP contribution is 2.23. The molecule has 20 heavy (non-hydrogen) atoms. The number of aryl methyl sites for hydroxylation is 1. The second kappa shape index (κ2) is 5.58. The first kappa shape index (κ1) is 13.7. The van der Waals surface area contributed by atoms with Gasteiger partial charge >= 0.3 is 0 Å². The number of hydrogen-bond donors (Lipinski definition) is 0. The third-order valence-electron chi connectivity index (χ3n) is 3.50. The van der Waals surface area contributed by atoms with Crippen molar-refractivity contribution >= 4 is 38.6 Å². The van der Waals surface area contributed by atoms with Crippen LogP contribution in [-0.2, 0) is 12.4 Å². The van der Waals surface area contributed by atoms with E-state index >= 15 is 0 Å². The molecule has 0 radical (unpaired) electrons. The number of benzene rings is 2. The fourth-order valence-corrected chi connectivity index (χ4v) is 2.94. The first-order valence-electron chi connectivity index (χ1n) is 6.44. The van der Waals surface area contributed by atoms with Crippen LogP contribution >= 0.6 is 27.5 Å². The highest BCUT2D eigenvalue weighted by Gasteiger charge is 2.11. The second-order valence-corrected chi connectivity index (χ2v) is 5.99. The Kier molecular flexibility index (Phi) is 3.81. The number of hydrogen-bond acceptors (Lipinski definition) is 1. The molecule has 0 N–H and O–H groups in total. The molecule has 0 saturated carbocycles. The highest BCUT2D eigenvalue weighted by molar-refractivity contribution is 9.10. The molecule has 0 unspecified atom stereocenters. The molecule has 0 bridgehead atoms. The van der Waals surface area contributed by atoms with Crippen molar-refractivity contribution in [1.82, 2.24) is 9.55 Å². The molecule has 0 aliphatic rings. The third-order valence-corrected chi connectivity index (χ3v) is 4.23. The van der Waals surface area contributed by atoms with Gasteiger partial charge in [-0.05, 0) is 36.2 Å². The van der Waals surface area contributed by atoms with E-state index in [9.17, 15) is 0 Å². The molecule has 2 aromatic carbocycles. The fraction of sp³-hybridized carbons (Fsp3) is 0.188. The summed E-state index contributed by atoms with van der Waals surface area (Å²) in [5, 5.41) is 0. The van der Waals surface area contributed by atoms with Gasteiger partial charge in [-0.1, -0.05) is 40.2 Å². The van der Waals surface area contributed by atoms with Crippen molar-refractivity contribution in [2.45, 2.75) is 19.3 Å². The second-order valence-electron chi connectivity index (χ2n) is 4.81. The van der Waals surface area contributed by atoms with E-state index in [-0.39, 0.29) is 0 Å². The molecule has 0 aliphatic heterocycles. The van der Waals surface area contributed by atoms with Crippen molar-refractivity contribution < 1.29 is 0 Å². The van der Waals surface area contributed by atoms with Gasteiger partial charge in [-0.25, -0.2) is 4.98 Å². The summed E-state index contributed by atoms with van der Waals surface area (Å²) in [6, 6.07) is 14.6. The zero-order valence-corrected chi connectivity index (χ0v) is 13.4. The van der Waals surface area contributed by atoms with Gasteiger partial charge in [-0.3, -0.25) is 0 Å². The lowest BCUT2D eigenvalue weighted by molar-refractivity contribution is 0.774. The maximum atomic E-state index is 6.05. The number of rotatable bonds is 3. The number of alkyl halides is 1.